The molecule has 146 valence electrons. The maximum atomic E-state index is 12.9. The minimum Gasteiger partial charge on any atom is -0.484 e. The second kappa shape index (κ2) is 9.80. The summed E-state index contributed by atoms with van der Waals surface area (Å²) in [6.07, 6.45) is 3.45. The first-order valence-electron chi connectivity index (χ1n) is 9.46. The molecule has 0 bridgehead atoms. The van der Waals surface area contributed by atoms with Crippen LogP contribution in [0.15, 0.2) is 29.6 Å². The number of carbonyl (C=O) groups is 1. The summed E-state index contributed by atoms with van der Waals surface area (Å²) in [5, 5.41) is 3.37. The minimum absolute atomic E-state index is 0.0154. The second-order valence-corrected chi connectivity index (χ2v) is 7.68. The van der Waals surface area contributed by atoms with Crippen LogP contribution in [-0.2, 0) is 17.8 Å². The number of carbonyl (C=O) groups excluding carboxylic acids is 1. The van der Waals surface area contributed by atoms with Crippen molar-refractivity contribution in [1.29, 1.82) is 0 Å². The molecule has 0 atom stereocenters. The Labute approximate surface area is 163 Å². The molecule has 27 heavy (non-hydrogen) atoms. The molecule has 1 aromatic carbocycles. The highest BCUT2D eigenvalue weighted by molar-refractivity contribution is 7.09. The van der Waals surface area contributed by atoms with Crippen LogP contribution in [0.5, 0.6) is 5.75 Å². The van der Waals surface area contributed by atoms with Crippen molar-refractivity contribution in [3.05, 3.63) is 46.2 Å². The number of rotatable bonds is 8. The van der Waals surface area contributed by atoms with Crippen LogP contribution in [0.25, 0.3) is 0 Å². The number of ether oxygens (including phenoxy) is 1. The lowest BCUT2D eigenvalue weighted by atomic mass is 10.2. The van der Waals surface area contributed by atoms with E-state index in [0.717, 1.165) is 31.7 Å². The lowest BCUT2D eigenvalue weighted by Gasteiger charge is -2.34. The SMILES string of the molecule is CCCCc1nc(CN2CCN(C(=O)COc3ccc(F)cc3)CC2)cs1. The topological polar surface area (TPSA) is 45.7 Å². The Morgan fingerprint density at radius 2 is 1.96 bits per heavy atom. The minimum atomic E-state index is -0.317. The number of unbranched alkanes of at least 4 members (excludes halogenated alkanes) is 1. The van der Waals surface area contributed by atoms with E-state index in [-0.39, 0.29) is 18.3 Å². The molecule has 1 fully saturated rings. The molecule has 0 aliphatic carbocycles. The summed E-state index contributed by atoms with van der Waals surface area (Å²) in [6, 6.07) is 5.71. The molecule has 1 aliphatic rings. The molecule has 0 N–H and O–H groups in total. The van der Waals surface area contributed by atoms with Crippen molar-refractivity contribution >= 4 is 17.2 Å². The molecule has 1 saturated heterocycles. The van der Waals surface area contributed by atoms with Crippen LogP contribution in [0.4, 0.5) is 4.39 Å². The molecular weight excluding hydrogens is 365 g/mol. The lowest BCUT2D eigenvalue weighted by Crippen LogP contribution is -2.49. The van der Waals surface area contributed by atoms with E-state index in [9.17, 15) is 9.18 Å². The molecule has 5 nitrogen and oxygen atoms in total. The average molecular weight is 392 g/mol. The summed E-state index contributed by atoms with van der Waals surface area (Å²) in [4.78, 5) is 21.2. The van der Waals surface area contributed by atoms with Gasteiger partial charge in [0.15, 0.2) is 6.61 Å². The molecule has 1 aliphatic heterocycles. The van der Waals surface area contributed by atoms with Gasteiger partial charge in [-0.05, 0) is 37.1 Å². The van der Waals surface area contributed by atoms with Gasteiger partial charge in [0.05, 0.1) is 10.7 Å². The van der Waals surface area contributed by atoms with Gasteiger partial charge < -0.3 is 9.64 Å². The smallest absolute Gasteiger partial charge is 0.260 e. The van der Waals surface area contributed by atoms with Crippen molar-refractivity contribution in [1.82, 2.24) is 14.8 Å². The highest BCUT2D eigenvalue weighted by Crippen LogP contribution is 2.16. The van der Waals surface area contributed by atoms with E-state index in [2.05, 4.69) is 17.2 Å². The first kappa shape index (κ1) is 19.8. The third kappa shape index (κ3) is 6.01. The maximum Gasteiger partial charge on any atom is 0.260 e. The summed E-state index contributed by atoms with van der Waals surface area (Å²) in [7, 11) is 0. The quantitative estimate of drug-likeness (QED) is 0.692. The Morgan fingerprint density at radius 1 is 1.22 bits per heavy atom. The molecule has 1 aromatic heterocycles. The number of aromatic nitrogens is 1. The van der Waals surface area contributed by atoms with Crippen molar-refractivity contribution in [2.75, 3.05) is 32.8 Å². The van der Waals surface area contributed by atoms with Gasteiger partial charge in [-0.2, -0.15) is 0 Å². The second-order valence-electron chi connectivity index (χ2n) is 6.74. The Morgan fingerprint density at radius 3 is 2.67 bits per heavy atom. The van der Waals surface area contributed by atoms with Crippen LogP contribution in [0.2, 0.25) is 0 Å². The molecule has 3 rings (SSSR count). The highest BCUT2D eigenvalue weighted by atomic mass is 32.1. The third-order valence-corrected chi connectivity index (χ3v) is 5.59. The standard InChI is InChI=1S/C20H26FN3O2S/c1-2-3-4-19-22-17(15-27-19)13-23-9-11-24(12-10-23)20(25)14-26-18-7-5-16(21)6-8-18/h5-8,15H,2-4,9-14H2,1H3. The van der Waals surface area contributed by atoms with Gasteiger partial charge in [0.1, 0.15) is 11.6 Å². The first-order chi connectivity index (χ1) is 13.1. The zero-order valence-electron chi connectivity index (χ0n) is 15.7. The fraction of sp³-hybridized carbons (Fsp3) is 0.500. The van der Waals surface area contributed by atoms with E-state index in [1.54, 1.807) is 11.3 Å². The predicted octanol–water partition coefficient (Wildman–Crippen LogP) is 3.35. The number of aryl methyl sites for hydroxylation is 1. The molecular formula is C20H26FN3O2S. The van der Waals surface area contributed by atoms with E-state index in [0.29, 0.717) is 18.8 Å². The Kier molecular flexibility index (Phi) is 7.18. The van der Waals surface area contributed by atoms with Gasteiger partial charge in [0, 0.05) is 38.1 Å². The van der Waals surface area contributed by atoms with Gasteiger partial charge >= 0.3 is 0 Å². The van der Waals surface area contributed by atoms with Crippen LogP contribution in [0.3, 0.4) is 0 Å². The van der Waals surface area contributed by atoms with E-state index in [1.165, 1.54) is 42.1 Å². The van der Waals surface area contributed by atoms with Crippen LogP contribution in [-0.4, -0.2) is 53.5 Å². The zero-order chi connectivity index (χ0) is 19.1. The Bertz CT molecular complexity index is 727. The Hall–Kier alpha value is -1.99. The number of thiazole rings is 1. The fourth-order valence-electron chi connectivity index (χ4n) is 3.02. The van der Waals surface area contributed by atoms with Crippen molar-refractivity contribution in [3.8, 4) is 5.75 Å². The summed E-state index contributed by atoms with van der Waals surface area (Å²) >= 11 is 1.75. The van der Waals surface area contributed by atoms with Gasteiger partial charge in [-0.3, -0.25) is 9.69 Å². The van der Waals surface area contributed by atoms with Crippen LogP contribution < -0.4 is 4.74 Å². The maximum absolute atomic E-state index is 12.9. The lowest BCUT2D eigenvalue weighted by molar-refractivity contribution is -0.135. The molecule has 7 heteroatoms. The number of halogens is 1. The van der Waals surface area contributed by atoms with Gasteiger partial charge in [-0.1, -0.05) is 13.3 Å². The fourth-order valence-corrected chi connectivity index (χ4v) is 3.85. The van der Waals surface area contributed by atoms with Crippen molar-refractivity contribution in [2.24, 2.45) is 0 Å². The predicted molar refractivity (Wildman–Crippen MR) is 104 cm³/mol. The van der Waals surface area contributed by atoms with E-state index in [4.69, 9.17) is 9.72 Å². The Balaban J connectivity index is 1.39. The molecule has 0 spiro atoms. The number of hydrogen-bond acceptors (Lipinski definition) is 5. The summed E-state index contributed by atoms with van der Waals surface area (Å²) in [5.74, 6) is 0.155. The van der Waals surface area contributed by atoms with Crippen molar-refractivity contribution in [3.63, 3.8) is 0 Å². The summed E-state index contributed by atoms with van der Waals surface area (Å²) in [5.41, 5.74) is 1.13. The number of benzene rings is 1. The van der Waals surface area contributed by atoms with Crippen LogP contribution in [0, 0.1) is 5.82 Å². The van der Waals surface area contributed by atoms with Gasteiger partial charge in [0.25, 0.3) is 5.91 Å². The van der Waals surface area contributed by atoms with Gasteiger partial charge in [-0.15, -0.1) is 11.3 Å². The molecule has 0 radical (unpaired) electrons. The molecule has 0 unspecified atom stereocenters. The van der Waals surface area contributed by atoms with Gasteiger partial charge in [0.2, 0.25) is 0 Å². The average Bonchev–Trinajstić information content (AvgIpc) is 3.13. The third-order valence-electron chi connectivity index (χ3n) is 4.63. The van der Waals surface area contributed by atoms with E-state index in [1.807, 2.05) is 4.90 Å². The molecule has 2 aromatic rings. The van der Waals surface area contributed by atoms with Crippen LogP contribution in [0.1, 0.15) is 30.5 Å². The van der Waals surface area contributed by atoms with Gasteiger partial charge in [-0.25, -0.2) is 9.37 Å². The number of hydrogen-bond donors (Lipinski definition) is 0. The first-order valence-corrected chi connectivity index (χ1v) is 10.3. The van der Waals surface area contributed by atoms with E-state index >= 15 is 0 Å². The number of amides is 1. The van der Waals surface area contributed by atoms with Crippen LogP contribution >= 0.6 is 11.3 Å². The van der Waals surface area contributed by atoms with E-state index < -0.39 is 0 Å². The number of nitrogens with zero attached hydrogens (tertiary/aromatic N) is 3. The summed E-state index contributed by atoms with van der Waals surface area (Å²) in [6.45, 7) is 6.08. The zero-order valence-corrected chi connectivity index (χ0v) is 16.5. The number of piperazine rings is 1. The molecule has 1 amide bonds. The molecule has 2 heterocycles. The summed E-state index contributed by atoms with van der Waals surface area (Å²) < 4.78 is 18.3. The monoisotopic (exact) mass is 391 g/mol. The highest BCUT2D eigenvalue weighted by Gasteiger charge is 2.22. The van der Waals surface area contributed by atoms with Crippen molar-refractivity contribution < 1.29 is 13.9 Å². The largest absolute Gasteiger partial charge is 0.484 e. The normalized spacial score (nSPS) is 15.1. The van der Waals surface area contributed by atoms with Crippen molar-refractivity contribution in [2.45, 2.75) is 32.7 Å². The molecule has 0 saturated carbocycles.